The van der Waals surface area contributed by atoms with E-state index in [-0.39, 0.29) is 14.6 Å². The third kappa shape index (κ3) is 5.99. The molecule has 0 spiro atoms. The van der Waals surface area contributed by atoms with Gasteiger partial charge in [-0.05, 0) is 0 Å². The normalized spacial score (nSPS) is 12.8. The fraction of sp³-hybridized carbons (Fsp3) is 0.471. The quantitative estimate of drug-likeness (QED) is 0.285. The van der Waals surface area contributed by atoms with Crippen molar-refractivity contribution >= 4 is 3.95 Å². The molecule has 0 heterocycles. The summed E-state index contributed by atoms with van der Waals surface area (Å²) >= 11 is -2.26. The predicted molar refractivity (Wildman–Crippen MR) is 155 cm³/mol. The van der Waals surface area contributed by atoms with Crippen molar-refractivity contribution in [2.45, 2.75) is 105 Å². The summed E-state index contributed by atoms with van der Waals surface area (Å²) in [6.07, 6.45) is 0. The molecule has 0 aliphatic rings. The van der Waals surface area contributed by atoms with Crippen LogP contribution in [0.3, 0.4) is 0 Å². The van der Waals surface area contributed by atoms with Gasteiger partial charge in [0, 0.05) is 0 Å². The second-order valence-electron chi connectivity index (χ2n) is 13.3. The molecule has 3 aromatic carbocycles. The van der Waals surface area contributed by atoms with Crippen molar-refractivity contribution in [2.75, 3.05) is 0 Å². The van der Waals surface area contributed by atoms with Crippen LogP contribution < -0.4 is 7.34 Å². The van der Waals surface area contributed by atoms with Crippen molar-refractivity contribution in [3.63, 3.8) is 0 Å². The fourth-order valence-corrected chi connectivity index (χ4v) is 9.15. The van der Waals surface area contributed by atoms with Gasteiger partial charge in [-0.1, -0.05) is 0 Å². The molecule has 0 saturated carbocycles. The standard InChI is InChI=1S/C24H34O.C6H5.C4H9.Mo/c1-14-11-18(19(12-15(14)2)23(5,6)7)21-20(24(8,9)10)13-16(3)17(4)22(21)25;1-2-4-6-5-3-1;1-4(2)3;/h11-13,25H,1-10H3;1-5H;1-3H3;/q;;;+1/p-1. The SMILES string of the molecule is Cc1cc(-c2c(C(C)(C)C)cc(C)c(C)c2[O][Mo]([c]2ccccc2)[C](C)(C)C)c(C(C)(C)C)cc1C. The molecule has 0 aliphatic carbocycles. The second kappa shape index (κ2) is 10.1. The van der Waals surface area contributed by atoms with Crippen LogP contribution in [0.4, 0.5) is 0 Å². The molecular formula is C34H47MoO. The summed E-state index contributed by atoms with van der Waals surface area (Å²) in [7, 11) is 0. The van der Waals surface area contributed by atoms with Crippen molar-refractivity contribution in [1.29, 1.82) is 0 Å². The number of aryl methyl sites for hydroxylation is 3. The van der Waals surface area contributed by atoms with E-state index in [1.54, 1.807) is 0 Å². The summed E-state index contributed by atoms with van der Waals surface area (Å²) in [6, 6.07) is 18.2. The first kappa shape index (κ1) is 28.7. The summed E-state index contributed by atoms with van der Waals surface area (Å²) < 4.78 is 8.88. The Kier molecular flexibility index (Phi) is 8.08. The van der Waals surface area contributed by atoms with Crippen LogP contribution in [0.15, 0.2) is 48.5 Å². The Morgan fingerprint density at radius 3 is 1.61 bits per heavy atom. The minimum absolute atomic E-state index is 0.0157. The molecule has 3 aromatic rings. The summed E-state index contributed by atoms with van der Waals surface area (Å²) in [6.45, 7) is 30.0. The molecule has 0 fully saturated rings. The van der Waals surface area contributed by atoms with Crippen molar-refractivity contribution in [1.82, 2.24) is 0 Å². The molecule has 195 valence electrons. The van der Waals surface area contributed by atoms with E-state index in [0.717, 1.165) is 5.75 Å². The van der Waals surface area contributed by atoms with Crippen LogP contribution in [-0.4, -0.2) is 0 Å². The zero-order valence-electron chi connectivity index (χ0n) is 24.9. The number of hydrogen-bond acceptors (Lipinski definition) is 1. The zero-order chi connectivity index (χ0) is 27.2. The molecule has 2 heteroatoms. The van der Waals surface area contributed by atoms with Gasteiger partial charge in [0.2, 0.25) is 0 Å². The van der Waals surface area contributed by atoms with Gasteiger partial charge in [0.1, 0.15) is 0 Å². The second-order valence-corrected chi connectivity index (χ2v) is 19.2. The molecule has 36 heavy (non-hydrogen) atoms. The van der Waals surface area contributed by atoms with E-state index < -0.39 is 17.7 Å². The van der Waals surface area contributed by atoms with E-state index in [9.17, 15) is 0 Å². The van der Waals surface area contributed by atoms with Gasteiger partial charge in [0.05, 0.1) is 0 Å². The fourth-order valence-electron chi connectivity index (χ4n) is 4.65. The van der Waals surface area contributed by atoms with Crippen LogP contribution in [0, 0.1) is 27.7 Å². The van der Waals surface area contributed by atoms with E-state index in [4.69, 9.17) is 3.39 Å². The first-order chi connectivity index (χ1) is 16.4. The molecular weight excluding hydrogens is 520 g/mol. The van der Waals surface area contributed by atoms with Gasteiger partial charge in [-0.15, -0.1) is 0 Å². The Balaban J connectivity index is 2.47. The molecule has 0 N–H and O–H groups in total. The van der Waals surface area contributed by atoms with Crippen LogP contribution in [0.5, 0.6) is 5.75 Å². The molecule has 0 radical (unpaired) electrons. The summed E-state index contributed by atoms with van der Waals surface area (Å²) in [4.78, 5) is 0. The molecule has 0 amide bonds. The zero-order valence-corrected chi connectivity index (χ0v) is 26.9. The Hall–Kier alpha value is -1.85. The third-order valence-electron chi connectivity index (χ3n) is 6.99. The molecule has 0 aliphatic heterocycles. The molecule has 0 atom stereocenters. The molecule has 0 aromatic heterocycles. The monoisotopic (exact) mass is 569 g/mol. The van der Waals surface area contributed by atoms with E-state index in [1.165, 1.54) is 48.5 Å². The molecule has 0 unspecified atom stereocenters. The Morgan fingerprint density at radius 2 is 1.11 bits per heavy atom. The third-order valence-corrected chi connectivity index (χ3v) is 12.3. The predicted octanol–water partition coefficient (Wildman–Crippen LogP) is 9.64. The Labute approximate surface area is 227 Å². The summed E-state index contributed by atoms with van der Waals surface area (Å²) in [5.41, 5.74) is 10.6. The van der Waals surface area contributed by atoms with E-state index >= 15 is 0 Å². The first-order valence-electron chi connectivity index (χ1n) is 13.2. The van der Waals surface area contributed by atoms with E-state index in [2.05, 4.69) is 139 Å². The van der Waals surface area contributed by atoms with Crippen molar-refractivity contribution in [3.8, 4) is 16.9 Å². The van der Waals surface area contributed by atoms with Crippen LogP contribution in [0.2, 0.25) is 3.80 Å². The van der Waals surface area contributed by atoms with E-state index in [0.29, 0.717) is 0 Å². The first-order valence-corrected chi connectivity index (χ1v) is 16.0. The molecule has 0 bridgehead atoms. The topological polar surface area (TPSA) is 9.23 Å². The van der Waals surface area contributed by atoms with Crippen molar-refractivity contribution in [3.05, 3.63) is 81.9 Å². The number of benzene rings is 3. The van der Waals surface area contributed by atoms with Gasteiger partial charge in [0.15, 0.2) is 0 Å². The minimum atomic E-state index is -2.26. The maximum absolute atomic E-state index is 7.41. The van der Waals surface area contributed by atoms with Crippen LogP contribution in [0.25, 0.3) is 11.1 Å². The van der Waals surface area contributed by atoms with Crippen molar-refractivity contribution < 1.29 is 21.1 Å². The van der Waals surface area contributed by atoms with E-state index in [1.807, 2.05) is 0 Å². The van der Waals surface area contributed by atoms with Gasteiger partial charge in [-0.3, -0.25) is 0 Å². The average molecular weight is 568 g/mol. The Morgan fingerprint density at radius 1 is 0.611 bits per heavy atom. The van der Waals surface area contributed by atoms with Gasteiger partial charge in [-0.2, -0.15) is 0 Å². The Bertz CT molecular complexity index is 1230. The van der Waals surface area contributed by atoms with Gasteiger partial charge in [0.25, 0.3) is 0 Å². The molecule has 3 rings (SSSR count). The van der Waals surface area contributed by atoms with Crippen LogP contribution in [0.1, 0.15) is 95.7 Å². The average Bonchev–Trinajstić information content (AvgIpc) is 2.74. The summed E-state index contributed by atoms with van der Waals surface area (Å²) in [5.74, 6) is 1.10. The van der Waals surface area contributed by atoms with Crippen LogP contribution in [-0.2, 0) is 28.5 Å². The van der Waals surface area contributed by atoms with Gasteiger partial charge < -0.3 is 0 Å². The van der Waals surface area contributed by atoms with Gasteiger partial charge in [-0.25, -0.2) is 0 Å². The van der Waals surface area contributed by atoms with Gasteiger partial charge >= 0.3 is 228 Å². The number of rotatable bonds is 4. The molecule has 0 saturated heterocycles. The van der Waals surface area contributed by atoms with Crippen molar-refractivity contribution in [2.24, 2.45) is 0 Å². The summed E-state index contributed by atoms with van der Waals surface area (Å²) in [5, 5.41) is 0. The number of hydrogen-bond donors (Lipinski definition) is 0. The maximum atomic E-state index is 7.41. The molecule has 1 nitrogen and oxygen atoms in total. The van der Waals surface area contributed by atoms with Crippen LogP contribution >= 0.6 is 0 Å².